The monoisotopic (exact) mass is 308 g/mol. The molecule has 0 heterocycles. The summed E-state index contributed by atoms with van der Waals surface area (Å²) in [6.45, 7) is 6.09. The van der Waals surface area contributed by atoms with Crippen molar-refractivity contribution < 1.29 is 0 Å². The summed E-state index contributed by atoms with van der Waals surface area (Å²) in [7, 11) is 0. The first-order chi connectivity index (χ1) is 11.3. The fourth-order valence-electron chi connectivity index (χ4n) is 3.27. The standard InChI is InChI=1S/C23H32/c1-3-5-6-7-8-9-10-11-21-14-18-23(19-15-21)22-16-12-20(4-2)13-17-22/h4,12-14,16-19,21H,2-3,5-11,15H2,1H3. The summed E-state index contributed by atoms with van der Waals surface area (Å²) in [6.07, 6.45) is 21.4. The first-order valence-corrected chi connectivity index (χ1v) is 9.44. The molecular formula is C23H32. The molecule has 0 aliphatic heterocycles. The van der Waals surface area contributed by atoms with Gasteiger partial charge < -0.3 is 0 Å². The molecule has 1 atom stereocenters. The Morgan fingerprint density at radius 2 is 1.70 bits per heavy atom. The largest absolute Gasteiger partial charge is 0.0985 e. The Morgan fingerprint density at radius 1 is 1.00 bits per heavy atom. The maximum Gasteiger partial charge on any atom is -0.0187 e. The van der Waals surface area contributed by atoms with E-state index in [0.717, 1.165) is 5.92 Å². The van der Waals surface area contributed by atoms with E-state index in [2.05, 4.69) is 56.0 Å². The third-order valence-corrected chi connectivity index (χ3v) is 4.85. The van der Waals surface area contributed by atoms with Crippen LogP contribution in [0, 0.1) is 5.92 Å². The molecule has 1 aromatic rings. The van der Waals surface area contributed by atoms with Crippen molar-refractivity contribution in [1.82, 2.24) is 0 Å². The highest BCUT2D eigenvalue weighted by Gasteiger charge is 2.09. The minimum atomic E-state index is 0.752. The van der Waals surface area contributed by atoms with Crippen LogP contribution in [0.15, 0.2) is 49.1 Å². The summed E-state index contributed by atoms with van der Waals surface area (Å²) in [5, 5.41) is 0. The van der Waals surface area contributed by atoms with Crippen LogP contribution >= 0.6 is 0 Å². The molecule has 23 heavy (non-hydrogen) atoms. The van der Waals surface area contributed by atoms with Crippen molar-refractivity contribution in [3.8, 4) is 0 Å². The van der Waals surface area contributed by atoms with Crippen LogP contribution in [0.1, 0.15) is 75.8 Å². The molecule has 0 saturated carbocycles. The topological polar surface area (TPSA) is 0 Å². The maximum atomic E-state index is 3.81. The maximum absolute atomic E-state index is 3.81. The average Bonchev–Trinajstić information content (AvgIpc) is 2.61. The quantitative estimate of drug-likeness (QED) is 0.394. The second kappa shape index (κ2) is 10.3. The molecule has 0 spiro atoms. The highest BCUT2D eigenvalue weighted by Crippen LogP contribution is 2.27. The van der Waals surface area contributed by atoms with Gasteiger partial charge in [0.25, 0.3) is 0 Å². The Morgan fingerprint density at radius 3 is 2.30 bits per heavy atom. The smallest absolute Gasteiger partial charge is 0.0187 e. The summed E-state index contributed by atoms with van der Waals surface area (Å²) in [6, 6.07) is 8.68. The van der Waals surface area contributed by atoms with Gasteiger partial charge in [-0.25, -0.2) is 0 Å². The van der Waals surface area contributed by atoms with Crippen molar-refractivity contribution in [2.45, 2.75) is 64.7 Å². The number of allylic oxidation sites excluding steroid dienone is 4. The van der Waals surface area contributed by atoms with Gasteiger partial charge in [-0.05, 0) is 35.5 Å². The van der Waals surface area contributed by atoms with E-state index in [1.54, 1.807) is 0 Å². The molecule has 0 N–H and O–H groups in total. The van der Waals surface area contributed by atoms with Crippen LogP contribution in [-0.4, -0.2) is 0 Å². The number of rotatable bonds is 10. The molecule has 2 rings (SSSR count). The summed E-state index contributed by atoms with van der Waals surface area (Å²) in [4.78, 5) is 0. The van der Waals surface area contributed by atoms with Crippen LogP contribution in [-0.2, 0) is 0 Å². The van der Waals surface area contributed by atoms with Crippen LogP contribution in [0.25, 0.3) is 11.6 Å². The van der Waals surface area contributed by atoms with Gasteiger partial charge in [-0.3, -0.25) is 0 Å². The number of hydrogen-bond donors (Lipinski definition) is 0. The van der Waals surface area contributed by atoms with Crippen molar-refractivity contribution in [2.75, 3.05) is 0 Å². The summed E-state index contributed by atoms with van der Waals surface area (Å²) in [5.41, 5.74) is 3.88. The highest BCUT2D eigenvalue weighted by molar-refractivity contribution is 5.75. The van der Waals surface area contributed by atoms with Gasteiger partial charge in [-0.15, -0.1) is 0 Å². The van der Waals surface area contributed by atoms with Gasteiger partial charge in [0.2, 0.25) is 0 Å². The third kappa shape index (κ3) is 6.22. The lowest BCUT2D eigenvalue weighted by atomic mass is 9.89. The number of benzene rings is 1. The normalized spacial score (nSPS) is 17.1. The van der Waals surface area contributed by atoms with Crippen LogP contribution in [0.3, 0.4) is 0 Å². The second-order valence-corrected chi connectivity index (χ2v) is 6.75. The molecule has 0 heteroatoms. The van der Waals surface area contributed by atoms with E-state index in [1.807, 2.05) is 6.08 Å². The van der Waals surface area contributed by atoms with E-state index < -0.39 is 0 Å². The Labute approximate surface area is 143 Å². The van der Waals surface area contributed by atoms with Crippen molar-refractivity contribution in [3.63, 3.8) is 0 Å². The fraction of sp³-hybridized carbons (Fsp3) is 0.478. The van der Waals surface area contributed by atoms with E-state index in [0.29, 0.717) is 0 Å². The first kappa shape index (κ1) is 17.8. The Bertz CT molecular complexity index is 515. The average molecular weight is 309 g/mol. The predicted octanol–water partition coefficient (Wildman–Crippen LogP) is 7.43. The molecule has 124 valence electrons. The zero-order valence-electron chi connectivity index (χ0n) is 14.8. The van der Waals surface area contributed by atoms with Crippen LogP contribution in [0.5, 0.6) is 0 Å². The van der Waals surface area contributed by atoms with Crippen molar-refractivity contribution in [3.05, 3.63) is 60.2 Å². The molecule has 1 unspecified atom stereocenters. The van der Waals surface area contributed by atoms with Crippen molar-refractivity contribution in [1.29, 1.82) is 0 Å². The Kier molecular flexibility index (Phi) is 7.93. The number of hydrogen-bond acceptors (Lipinski definition) is 0. The summed E-state index contributed by atoms with van der Waals surface area (Å²) < 4.78 is 0. The fourth-order valence-corrected chi connectivity index (χ4v) is 3.27. The molecule has 1 aliphatic rings. The number of unbranched alkanes of at least 4 members (excludes halogenated alkanes) is 6. The molecule has 0 fully saturated rings. The highest BCUT2D eigenvalue weighted by atomic mass is 14.1. The molecular weight excluding hydrogens is 276 g/mol. The predicted molar refractivity (Wildman–Crippen MR) is 104 cm³/mol. The first-order valence-electron chi connectivity index (χ1n) is 9.44. The molecule has 0 saturated heterocycles. The van der Waals surface area contributed by atoms with E-state index in [1.165, 1.54) is 74.5 Å². The van der Waals surface area contributed by atoms with Gasteiger partial charge in [-0.2, -0.15) is 0 Å². The van der Waals surface area contributed by atoms with Gasteiger partial charge in [0.15, 0.2) is 0 Å². The van der Waals surface area contributed by atoms with Gasteiger partial charge in [0.05, 0.1) is 0 Å². The molecule has 1 aromatic carbocycles. The zero-order valence-corrected chi connectivity index (χ0v) is 14.8. The third-order valence-electron chi connectivity index (χ3n) is 4.85. The van der Waals surface area contributed by atoms with Crippen molar-refractivity contribution in [2.24, 2.45) is 5.92 Å². The summed E-state index contributed by atoms with van der Waals surface area (Å²) in [5.74, 6) is 0.752. The molecule has 0 nitrogen and oxygen atoms in total. The Balaban J connectivity index is 1.67. The molecule has 0 bridgehead atoms. The molecule has 0 radical (unpaired) electrons. The Hall–Kier alpha value is -1.56. The lowest BCUT2D eigenvalue weighted by Crippen LogP contribution is -2.00. The van der Waals surface area contributed by atoms with Gasteiger partial charge in [-0.1, -0.05) is 107 Å². The summed E-state index contributed by atoms with van der Waals surface area (Å²) >= 11 is 0. The molecule has 0 aromatic heterocycles. The second-order valence-electron chi connectivity index (χ2n) is 6.75. The van der Waals surface area contributed by atoms with E-state index >= 15 is 0 Å². The minimum Gasteiger partial charge on any atom is -0.0985 e. The van der Waals surface area contributed by atoms with Crippen LogP contribution in [0.4, 0.5) is 0 Å². The van der Waals surface area contributed by atoms with E-state index in [9.17, 15) is 0 Å². The lowest BCUT2D eigenvalue weighted by molar-refractivity contribution is 0.517. The molecule has 1 aliphatic carbocycles. The zero-order chi connectivity index (χ0) is 16.3. The SMILES string of the molecule is C=Cc1ccc(C2=CCC(CCCCCCCCC)C=C2)cc1. The van der Waals surface area contributed by atoms with Crippen LogP contribution < -0.4 is 0 Å². The van der Waals surface area contributed by atoms with Gasteiger partial charge in [0, 0.05) is 0 Å². The molecule has 0 amide bonds. The van der Waals surface area contributed by atoms with E-state index in [4.69, 9.17) is 0 Å². The van der Waals surface area contributed by atoms with E-state index in [-0.39, 0.29) is 0 Å². The lowest BCUT2D eigenvalue weighted by Gasteiger charge is -2.16. The van der Waals surface area contributed by atoms with Crippen molar-refractivity contribution >= 4 is 11.6 Å². The van der Waals surface area contributed by atoms with Gasteiger partial charge in [0.1, 0.15) is 0 Å². The minimum absolute atomic E-state index is 0.752. The van der Waals surface area contributed by atoms with Gasteiger partial charge >= 0.3 is 0 Å². The van der Waals surface area contributed by atoms with Crippen LogP contribution in [0.2, 0.25) is 0 Å².